The predicted octanol–water partition coefficient (Wildman–Crippen LogP) is 3.46. The van der Waals surface area contributed by atoms with Crippen LogP contribution in [0.2, 0.25) is 0 Å². The Labute approximate surface area is 117 Å². The molecule has 0 bridgehead atoms. The summed E-state index contributed by atoms with van der Waals surface area (Å²) in [5, 5.41) is 0. The number of rotatable bonds is 4. The Morgan fingerprint density at radius 1 is 1.59 bits per heavy atom. The summed E-state index contributed by atoms with van der Waals surface area (Å²) in [6.07, 6.45) is 0.711. The summed E-state index contributed by atoms with van der Waals surface area (Å²) in [5.41, 5.74) is 0.719. The summed E-state index contributed by atoms with van der Waals surface area (Å²) in [7, 11) is 0. The third-order valence-corrected chi connectivity index (χ3v) is 3.46. The Morgan fingerprint density at radius 3 is 2.59 bits per heavy atom. The molecule has 0 aromatic heterocycles. The molecule has 0 spiro atoms. The van der Waals surface area contributed by atoms with Crippen molar-refractivity contribution in [2.75, 3.05) is 6.61 Å². The second-order valence-corrected chi connectivity index (χ2v) is 7.87. The fraction of sp³-hybridized carbons (Fsp3) is 0.769. The SMILES string of the molecule is CCOC(=O)C1=C(C(C)C)OC(C(C)(C)I)C1. The van der Waals surface area contributed by atoms with Gasteiger partial charge in [-0.05, 0) is 20.8 Å². The number of ether oxygens (including phenoxy) is 2. The van der Waals surface area contributed by atoms with Gasteiger partial charge in [-0.1, -0.05) is 36.4 Å². The first-order valence-electron chi connectivity index (χ1n) is 6.03. The molecular formula is C13H21IO3. The van der Waals surface area contributed by atoms with E-state index < -0.39 is 0 Å². The molecule has 0 N–H and O–H groups in total. The number of carbonyl (C=O) groups excluding carboxylic acids is 1. The number of halogens is 1. The summed E-state index contributed by atoms with van der Waals surface area (Å²) in [6.45, 7) is 10.5. The summed E-state index contributed by atoms with van der Waals surface area (Å²) < 4.78 is 11.0. The lowest BCUT2D eigenvalue weighted by molar-refractivity contribution is -0.138. The lowest BCUT2D eigenvalue weighted by Crippen LogP contribution is -2.29. The normalized spacial score (nSPS) is 20.8. The number of esters is 1. The van der Waals surface area contributed by atoms with Crippen LogP contribution in [0, 0.1) is 5.92 Å². The van der Waals surface area contributed by atoms with E-state index in [4.69, 9.17) is 9.47 Å². The Balaban J connectivity index is 2.90. The van der Waals surface area contributed by atoms with Crippen molar-refractivity contribution in [3.8, 4) is 0 Å². The number of alkyl halides is 1. The zero-order valence-electron chi connectivity index (χ0n) is 11.2. The Kier molecular flexibility index (Phi) is 4.86. The van der Waals surface area contributed by atoms with Crippen molar-refractivity contribution in [1.29, 1.82) is 0 Å². The van der Waals surface area contributed by atoms with Crippen LogP contribution in [0.15, 0.2) is 11.3 Å². The average molecular weight is 352 g/mol. The lowest BCUT2D eigenvalue weighted by Gasteiger charge is -2.25. The Hall–Kier alpha value is -0.260. The van der Waals surface area contributed by atoms with Crippen LogP contribution in [0.3, 0.4) is 0 Å². The largest absolute Gasteiger partial charge is 0.492 e. The zero-order valence-corrected chi connectivity index (χ0v) is 13.3. The molecule has 0 aromatic carbocycles. The van der Waals surface area contributed by atoms with Gasteiger partial charge in [-0.3, -0.25) is 0 Å². The molecule has 1 unspecified atom stereocenters. The third-order valence-electron chi connectivity index (χ3n) is 2.77. The molecule has 0 fully saturated rings. The maximum Gasteiger partial charge on any atom is 0.337 e. The fourth-order valence-electron chi connectivity index (χ4n) is 1.82. The number of allylic oxidation sites excluding steroid dienone is 1. The third kappa shape index (κ3) is 3.60. The van der Waals surface area contributed by atoms with E-state index in [1.807, 2.05) is 20.8 Å². The molecule has 1 heterocycles. The summed E-state index contributed by atoms with van der Waals surface area (Å²) in [6, 6.07) is 0. The molecule has 1 atom stereocenters. The molecule has 0 amide bonds. The van der Waals surface area contributed by atoms with E-state index >= 15 is 0 Å². The van der Waals surface area contributed by atoms with Crippen LogP contribution in [0.25, 0.3) is 0 Å². The first kappa shape index (κ1) is 14.8. The van der Waals surface area contributed by atoms with Crippen molar-refractivity contribution in [2.24, 2.45) is 5.92 Å². The minimum Gasteiger partial charge on any atom is -0.492 e. The molecule has 98 valence electrons. The molecule has 1 aliphatic heterocycles. The zero-order chi connectivity index (χ0) is 13.2. The van der Waals surface area contributed by atoms with Gasteiger partial charge in [0.2, 0.25) is 0 Å². The topological polar surface area (TPSA) is 35.5 Å². The van der Waals surface area contributed by atoms with E-state index in [1.54, 1.807) is 0 Å². The highest BCUT2D eigenvalue weighted by atomic mass is 127. The standard InChI is InChI=1S/C13H21IO3/c1-6-16-12(15)9-7-10(13(4,5)14)17-11(9)8(2)3/h8,10H,6-7H2,1-5H3. The highest BCUT2D eigenvalue weighted by Crippen LogP contribution is 2.39. The van der Waals surface area contributed by atoms with E-state index in [0.717, 1.165) is 11.3 Å². The molecule has 0 aromatic rings. The van der Waals surface area contributed by atoms with Crippen LogP contribution < -0.4 is 0 Å². The summed E-state index contributed by atoms with van der Waals surface area (Å²) >= 11 is 2.36. The average Bonchev–Trinajstić information content (AvgIpc) is 2.61. The first-order valence-corrected chi connectivity index (χ1v) is 7.11. The second kappa shape index (κ2) is 5.59. The molecule has 17 heavy (non-hydrogen) atoms. The van der Waals surface area contributed by atoms with Crippen LogP contribution >= 0.6 is 22.6 Å². The molecule has 0 saturated carbocycles. The molecule has 0 radical (unpaired) electrons. The van der Waals surface area contributed by atoms with Crippen LogP contribution in [-0.4, -0.2) is 22.1 Å². The van der Waals surface area contributed by atoms with Gasteiger partial charge < -0.3 is 9.47 Å². The van der Waals surface area contributed by atoms with Crippen LogP contribution in [0.4, 0.5) is 0 Å². The fourth-order valence-corrected chi connectivity index (χ4v) is 2.17. The number of hydrogen-bond donors (Lipinski definition) is 0. The molecule has 1 rings (SSSR count). The minimum absolute atomic E-state index is 0.00610. The molecule has 1 aliphatic rings. The van der Waals surface area contributed by atoms with Gasteiger partial charge in [0.1, 0.15) is 11.9 Å². The van der Waals surface area contributed by atoms with Crippen LogP contribution in [-0.2, 0) is 14.3 Å². The monoisotopic (exact) mass is 352 g/mol. The van der Waals surface area contributed by atoms with E-state index in [2.05, 4.69) is 36.4 Å². The van der Waals surface area contributed by atoms with Crippen molar-refractivity contribution >= 4 is 28.6 Å². The second-order valence-electron chi connectivity index (χ2n) is 5.09. The van der Waals surface area contributed by atoms with Gasteiger partial charge in [0.15, 0.2) is 0 Å². The minimum atomic E-state index is -0.223. The van der Waals surface area contributed by atoms with Crippen LogP contribution in [0.1, 0.15) is 41.0 Å². The maximum absolute atomic E-state index is 11.9. The summed E-state index contributed by atoms with van der Waals surface area (Å²) in [5.74, 6) is 0.802. The van der Waals surface area contributed by atoms with Gasteiger partial charge in [-0.2, -0.15) is 0 Å². The lowest BCUT2D eigenvalue weighted by atomic mass is 9.99. The van der Waals surface area contributed by atoms with E-state index in [1.165, 1.54) is 0 Å². The van der Waals surface area contributed by atoms with Gasteiger partial charge in [0.25, 0.3) is 0 Å². The smallest absolute Gasteiger partial charge is 0.337 e. The van der Waals surface area contributed by atoms with Gasteiger partial charge in [-0.15, -0.1) is 0 Å². The Bertz CT molecular complexity index is 326. The number of hydrogen-bond acceptors (Lipinski definition) is 3. The highest BCUT2D eigenvalue weighted by molar-refractivity contribution is 14.1. The molecule has 0 aliphatic carbocycles. The van der Waals surface area contributed by atoms with Crippen molar-refractivity contribution in [3.05, 3.63) is 11.3 Å². The van der Waals surface area contributed by atoms with Gasteiger partial charge in [0, 0.05) is 12.3 Å². The number of carbonyl (C=O) groups is 1. The molecule has 0 saturated heterocycles. The molecule has 4 heteroatoms. The predicted molar refractivity (Wildman–Crippen MR) is 76.1 cm³/mol. The maximum atomic E-state index is 11.9. The van der Waals surface area contributed by atoms with Gasteiger partial charge in [-0.25, -0.2) is 4.79 Å². The molecular weight excluding hydrogens is 331 g/mol. The van der Waals surface area contributed by atoms with Crippen molar-refractivity contribution < 1.29 is 14.3 Å². The van der Waals surface area contributed by atoms with E-state index in [0.29, 0.717) is 13.0 Å². The van der Waals surface area contributed by atoms with Gasteiger partial charge in [0.05, 0.1) is 15.6 Å². The van der Waals surface area contributed by atoms with E-state index in [9.17, 15) is 4.79 Å². The quantitative estimate of drug-likeness (QED) is 0.442. The highest BCUT2D eigenvalue weighted by Gasteiger charge is 2.39. The Morgan fingerprint density at radius 2 is 2.18 bits per heavy atom. The first-order chi connectivity index (χ1) is 7.77. The van der Waals surface area contributed by atoms with E-state index in [-0.39, 0.29) is 21.4 Å². The van der Waals surface area contributed by atoms with Gasteiger partial charge >= 0.3 is 5.97 Å². The summed E-state index contributed by atoms with van der Waals surface area (Å²) in [4.78, 5) is 11.9. The van der Waals surface area contributed by atoms with Crippen molar-refractivity contribution in [3.63, 3.8) is 0 Å². The van der Waals surface area contributed by atoms with Crippen LogP contribution in [0.5, 0.6) is 0 Å². The molecule has 3 nitrogen and oxygen atoms in total. The van der Waals surface area contributed by atoms with Crippen molar-refractivity contribution in [1.82, 2.24) is 0 Å². The van der Waals surface area contributed by atoms with Crippen molar-refractivity contribution in [2.45, 2.75) is 50.6 Å².